The first-order valence-corrected chi connectivity index (χ1v) is 9.84. The molecule has 1 fully saturated rings. The summed E-state index contributed by atoms with van der Waals surface area (Å²) in [6, 6.07) is 4.75. The van der Waals surface area contributed by atoms with Gasteiger partial charge in [-0.2, -0.15) is 0 Å². The Labute approximate surface area is 146 Å². The van der Waals surface area contributed by atoms with Crippen LogP contribution in [0.5, 0.6) is 0 Å². The zero-order valence-electron chi connectivity index (χ0n) is 13.9. The minimum Gasteiger partial charge on any atom is -0.452 e. The molecule has 0 radical (unpaired) electrons. The Kier molecular flexibility index (Phi) is 4.96. The Bertz CT molecular complexity index is 786. The summed E-state index contributed by atoms with van der Waals surface area (Å²) in [5, 5.41) is 0. The molecule has 25 heavy (non-hydrogen) atoms. The molecule has 0 aromatic heterocycles. The van der Waals surface area contributed by atoms with E-state index in [2.05, 4.69) is 0 Å². The van der Waals surface area contributed by atoms with Crippen molar-refractivity contribution >= 4 is 27.6 Å². The van der Waals surface area contributed by atoms with Gasteiger partial charge in [0.1, 0.15) is 0 Å². The lowest BCUT2D eigenvalue weighted by molar-refractivity contribution is -0.138. The SMILES string of the molecule is CS(=O)(=O)N1CCc2cc(C(=O)OCC(=O)N3CCOCC3)ccc21. The number of hydrogen-bond donors (Lipinski definition) is 0. The van der Waals surface area contributed by atoms with Crippen LogP contribution in [0.25, 0.3) is 0 Å². The van der Waals surface area contributed by atoms with Crippen LogP contribution in [0.4, 0.5) is 5.69 Å². The third-order valence-corrected chi connectivity index (χ3v) is 5.44. The normalized spacial score (nSPS) is 17.3. The van der Waals surface area contributed by atoms with Gasteiger partial charge in [0.05, 0.1) is 30.7 Å². The van der Waals surface area contributed by atoms with Gasteiger partial charge in [-0.1, -0.05) is 0 Å². The molecule has 136 valence electrons. The number of benzene rings is 1. The lowest BCUT2D eigenvalue weighted by Gasteiger charge is -2.26. The first-order chi connectivity index (χ1) is 11.9. The summed E-state index contributed by atoms with van der Waals surface area (Å²) in [6.45, 7) is 2.02. The molecule has 3 rings (SSSR count). The van der Waals surface area contributed by atoms with E-state index in [-0.39, 0.29) is 12.5 Å². The number of sulfonamides is 1. The first-order valence-electron chi connectivity index (χ1n) is 7.99. The predicted octanol–water partition coefficient (Wildman–Crippen LogP) is 0.0243. The lowest BCUT2D eigenvalue weighted by Crippen LogP contribution is -2.42. The average Bonchev–Trinajstić information content (AvgIpc) is 3.03. The van der Waals surface area contributed by atoms with E-state index in [9.17, 15) is 18.0 Å². The van der Waals surface area contributed by atoms with E-state index < -0.39 is 16.0 Å². The van der Waals surface area contributed by atoms with E-state index in [1.807, 2.05) is 0 Å². The van der Waals surface area contributed by atoms with E-state index >= 15 is 0 Å². The van der Waals surface area contributed by atoms with Gasteiger partial charge < -0.3 is 14.4 Å². The Morgan fingerprint density at radius 3 is 2.60 bits per heavy atom. The summed E-state index contributed by atoms with van der Waals surface area (Å²) in [6.07, 6.45) is 1.69. The van der Waals surface area contributed by atoms with Crippen LogP contribution in [0.2, 0.25) is 0 Å². The quantitative estimate of drug-likeness (QED) is 0.696. The highest BCUT2D eigenvalue weighted by Gasteiger charge is 2.27. The number of nitrogens with zero attached hydrogens (tertiary/aromatic N) is 2. The third-order valence-electron chi connectivity index (χ3n) is 4.26. The van der Waals surface area contributed by atoms with Crippen LogP contribution in [0.1, 0.15) is 15.9 Å². The fourth-order valence-corrected chi connectivity index (χ4v) is 3.92. The van der Waals surface area contributed by atoms with Crippen LogP contribution >= 0.6 is 0 Å². The van der Waals surface area contributed by atoms with Crippen molar-refractivity contribution in [3.63, 3.8) is 0 Å². The van der Waals surface area contributed by atoms with Crippen molar-refractivity contribution in [3.8, 4) is 0 Å². The van der Waals surface area contributed by atoms with E-state index in [0.29, 0.717) is 50.5 Å². The summed E-state index contributed by atoms with van der Waals surface area (Å²) in [7, 11) is -3.33. The highest BCUT2D eigenvalue weighted by Crippen LogP contribution is 2.30. The molecule has 8 nitrogen and oxygen atoms in total. The van der Waals surface area contributed by atoms with Crippen molar-refractivity contribution in [2.24, 2.45) is 0 Å². The van der Waals surface area contributed by atoms with Crippen LogP contribution in [0, 0.1) is 0 Å². The average molecular weight is 368 g/mol. The topological polar surface area (TPSA) is 93.2 Å². The van der Waals surface area contributed by atoms with Gasteiger partial charge >= 0.3 is 5.97 Å². The molecule has 2 aliphatic rings. The summed E-state index contributed by atoms with van der Waals surface area (Å²) in [5.74, 6) is -0.844. The van der Waals surface area contributed by atoms with Gasteiger partial charge in [0.15, 0.2) is 6.61 Å². The number of rotatable bonds is 4. The Hall–Kier alpha value is -2.13. The molecular formula is C16H20N2O6S. The van der Waals surface area contributed by atoms with Crippen molar-refractivity contribution in [3.05, 3.63) is 29.3 Å². The highest BCUT2D eigenvalue weighted by atomic mass is 32.2. The van der Waals surface area contributed by atoms with Gasteiger partial charge in [0.25, 0.3) is 5.91 Å². The maximum atomic E-state index is 12.2. The predicted molar refractivity (Wildman–Crippen MR) is 90.0 cm³/mol. The second-order valence-corrected chi connectivity index (χ2v) is 7.90. The first kappa shape index (κ1) is 17.7. The highest BCUT2D eigenvalue weighted by molar-refractivity contribution is 7.92. The van der Waals surface area contributed by atoms with Crippen LogP contribution in [-0.2, 0) is 30.7 Å². The number of esters is 1. The Morgan fingerprint density at radius 2 is 1.92 bits per heavy atom. The molecule has 1 amide bonds. The largest absolute Gasteiger partial charge is 0.452 e. The van der Waals surface area contributed by atoms with Gasteiger partial charge in [-0.15, -0.1) is 0 Å². The number of hydrogen-bond acceptors (Lipinski definition) is 6. The van der Waals surface area contributed by atoms with Crippen LogP contribution in [0.3, 0.4) is 0 Å². The van der Waals surface area contributed by atoms with Crippen molar-refractivity contribution in [1.82, 2.24) is 4.90 Å². The molecule has 2 heterocycles. The molecule has 1 aromatic carbocycles. The monoisotopic (exact) mass is 368 g/mol. The maximum absolute atomic E-state index is 12.2. The standard InChI is InChI=1S/C16H20N2O6S/c1-25(21,22)18-5-4-12-10-13(2-3-14(12)18)16(20)24-11-15(19)17-6-8-23-9-7-17/h2-3,10H,4-9,11H2,1H3. The molecule has 2 aliphatic heterocycles. The molecule has 1 saturated heterocycles. The molecule has 0 aliphatic carbocycles. The molecular weight excluding hydrogens is 348 g/mol. The van der Waals surface area contributed by atoms with Crippen molar-refractivity contribution in [2.75, 3.05) is 50.0 Å². The number of carbonyl (C=O) groups is 2. The minimum atomic E-state index is -3.33. The summed E-state index contributed by atoms with van der Waals surface area (Å²) in [5.41, 5.74) is 1.67. The molecule has 0 atom stereocenters. The molecule has 0 spiro atoms. The number of ether oxygens (including phenoxy) is 2. The smallest absolute Gasteiger partial charge is 0.338 e. The molecule has 9 heteroatoms. The van der Waals surface area contributed by atoms with Crippen LogP contribution in [-0.4, -0.2) is 70.9 Å². The van der Waals surface area contributed by atoms with Gasteiger partial charge in [-0.3, -0.25) is 9.10 Å². The maximum Gasteiger partial charge on any atom is 0.338 e. The molecule has 0 bridgehead atoms. The number of carbonyl (C=O) groups excluding carboxylic acids is 2. The Balaban J connectivity index is 1.63. The summed E-state index contributed by atoms with van der Waals surface area (Å²) < 4.78 is 35.0. The molecule has 1 aromatic rings. The van der Waals surface area contributed by atoms with Crippen molar-refractivity contribution < 1.29 is 27.5 Å². The van der Waals surface area contributed by atoms with E-state index in [1.165, 1.54) is 10.4 Å². The fraction of sp³-hybridized carbons (Fsp3) is 0.500. The second-order valence-electron chi connectivity index (χ2n) is 6.00. The number of fused-ring (bicyclic) bond motifs is 1. The van der Waals surface area contributed by atoms with E-state index in [4.69, 9.17) is 9.47 Å². The van der Waals surface area contributed by atoms with Crippen molar-refractivity contribution in [2.45, 2.75) is 6.42 Å². The summed E-state index contributed by atoms with van der Waals surface area (Å²) in [4.78, 5) is 25.8. The van der Waals surface area contributed by atoms with Gasteiger partial charge in [0, 0.05) is 19.6 Å². The second kappa shape index (κ2) is 7.01. The van der Waals surface area contributed by atoms with Crippen molar-refractivity contribution in [1.29, 1.82) is 0 Å². The zero-order chi connectivity index (χ0) is 18.0. The van der Waals surface area contributed by atoms with Gasteiger partial charge in [-0.25, -0.2) is 13.2 Å². The fourth-order valence-electron chi connectivity index (χ4n) is 2.96. The van der Waals surface area contributed by atoms with Crippen LogP contribution < -0.4 is 4.31 Å². The summed E-state index contributed by atoms with van der Waals surface area (Å²) >= 11 is 0. The van der Waals surface area contributed by atoms with Gasteiger partial charge in [0.2, 0.25) is 10.0 Å². The lowest BCUT2D eigenvalue weighted by atomic mass is 10.1. The molecule has 0 saturated carbocycles. The van der Waals surface area contributed by atoms with Crippen LogP contribution in [0.15, 0.2) is 18.2 Å². The zero-order valence-corrected chi connectivity index (χ0v) is 14.8. The van der Waals surface area contributed by atoms with Gasteiger partial charge in [-0.05, 0) is 30.2 Å². The third kappa shape index (κ3) is 3.93. The molecule has 0 N–H and O–H groups in total. The Morgan fingerprint density at radius 1 is 1.20 bits per heavy atom. The number of amides is 1. The number of morpholine rings is 1. The minimum absolute atomic E-state index is 0.249. The van der Waals surface area contributed by atoms with E-state index in [0.717, 1.165) is 11.8 Å². The molecule has 0 unspecified atom stereocenters. The number of anilines is 1. The van der Waals surface area contributed by atoms with E-state index in [1.54, 1.807) is 17.0 Å².